The van der Waals surface area contributed by atoms with E-state index in [1.54, 1.807) is 0 Å². The summed E-state index contributed by atoms with van der Waals surface area (Å²) in [5, 5.41) is 0. The van der Waals surface area contributed by atoms with Crippen LogP contribution in [-0.2, 0) is 21.6 Å². The van der Waals surface area contributed by atoms with Gasteiger partial charge < -0.3 is 14.4 Å². The normalized spacial score (nSPS) is 17.1. The summed E-state index contributed by atoms with van der Waals surface area (Å²) in [6.07, 6.45) is 13.1. The topological polar surface area (TPSA) is 42.0 Å². The van der Waals surface area contributed by atoms with Crippen LogP contribution in [0.5, 0.6) is 0 Å². The van der Waals surface area contributed by atoms with Crippen molar-refractivity contribution in [2.75, 3.05) is 11.5 Å². The minimum absolute atomic E-state index is 0.0941. The van der Waals surface area contributed by atoms with Gasteiger partial charge in [-0.3, -0.25) is 4.90 Å². The van der Waals surface area contributed by atoms with Gasteiger partial charge in [0.2, 0.25) is 0 Å². The maximum Gasteiger partial charge on any atom is 0.415 e. The first-order valence-corrected chi connectivity index (χ1v) is 18.0. The molecule has 1 aliphatic carbocycles. The van der Waals surface area contributed by atoms with Crippen molar-refractivity contribution in [1.29, 1.82) is 0 Å². The van der Waals surface area contributed by atoms with Crippen LogP contribution in [0, 0.1) is 11.8 Å². The Morgan fingerprint density at radius 2 is 1.33 bits per heavy atom. The summed E-state index contributed by atoms with van der Waals surface area (Å²) >= 11 is 0. The molecule has 6 rings (SSSR count). The van der Waals surface area contributed by atoms with Gasteiger partial charge in [-0.25, -0.2) is 4.79 Å². The third kappa shape index (κ3) is 7.62. The molecule has 49 heavy (non-hydrogen) atoms. The molecule has 1 amide bonds. The summed E-state index contributed by atoms with van der Waals surface area (Å²) in [5.74, 6) is 0.599. The maximum atomic E-state index is 15.0. The second kappa shape index (κ2) is 16.1. The summed E-state index contributed by atoms with van der Waals surface area (Å²) in [6, 6.07) is 39.4. The molecule has 1 aliphatic heterocycles. The van der Waals surface area contributed by atoms with Crippen LogP contribution in [0.1, 0.15) is 81.5 Å². The van der Waals surface area contributed by atoms with Gasteiger partial charge in [0.1, 0.15) is 5.54 Å². The number of ether oxygens (including phenoxy) is 2. The van der Waals surface area contributed by atoms with Crippen LogP contribution in [0.2, 0.25) is 0 Å². The molecular weight excluding hydrogens is 604 g/mol. The molecule has 4 aromatic carbocycles. The molecule has 0 bridgehead atoms. The molecule has 254 valence electrons. The lowest BCUT2D eigenvalue weighted by Crippen LogP contribution is -2.52. The molecule has 5 nitrogen and oxygen atoms in total. The first-order chi connectivity index (χ1) is 24.0. The largest absolute Gasteiger partial charge is 0.478 e. The summed E-state index contributed by atoms with van der Waals surface area (Å²) in [7, 11) is 0. The number of nitrogens with zero attached hydrogens (tertiary/aromatic N) is 2. The molecule has 1 saturated carbocycles. The minimum Gasteiger partial charge on any atom is -0.478 e. The molecule has 0 spiro atoms. The number of carbonyl (C=O) groups excluding carboxylic acids is 1. The van der Waals surface area contributed by atoms with Crippen LogP contribution in [0.15, 0.2) is 139 Å². The smallest absolute Gasteiger partial charge is 0.415 e. The number of amides is 1. The first-order valence-electron chi connectivity index (χ1n) is 18.0. The second-order valence-corrected chi connectivity index (χ2v) is 13.9. The molecule has 2 aliphatic rings. The Balaban J connectivity index is 1.56. The number of hydrogen-bond acceptors (Lipinski definition) is 4. The van der Waals surface area contributed by atoms with E-state index in [1.807, 2.05) is 71.8 Å². The number of rotatable bonds is 10. The maximum absolute atomic E-state index is 15.0. The van der Waals surface area contributed by atoms with E-state index in [9.17, 15) is 4.79 Å². The molecule has 0 N–H and O–H groups in total. The average Bonchev–Trinajstić information content (AvgIpc) is 3.52. The molecule has 0 saturated heterocycles. The van der Waals surface area contributed by atoms with E-state index in [2.05, 4.69) is 92.5 Å². The van der Waals surface area contributed by atoms with Crippen molar-refractivity contribution in [3.8, 4) is 0 Å². The van der Waals surface area contributed by atoms with Crippen LogP contribution in [0.25, 0.3) is 0 Å². The number of benzene rings is 4. The fraction of sp³-hybridized carbons (Fsp3) is 0.341. The molecular formula is C44H50N2O3. The zero-order chi connectivity index (χ0) is 34.1. The van der Waals surface area contributed by atoms with Gasteiger partial charge in [0.15, 0.2) is 6.23 Å². The molecule has 1 heterocycles. The highest BCUT2D eigenvalue weighted by Gasteiger charge is 2.47. The summed E-state index contributed by atoms with van der Waals surface area (Å²) in [5.41, 5.74) is 4.77. The molecule has 1 fully saturated rings. The third-order valence-corrected chi connectivity index (χ3v) is 9.77. The fourth-order valence-electron chi connectivity index (χ4n) is 7.42. The van der Waals surface area contributed by atoms with Gasteiger partial charge >= 0.3 is 6.09 Å². The lowest BCUT2D eigenvalue weighted by atomic mass is 9.75. The van der Waals surface area contributed by atoms with Gasteiger partial charge in [0.25, 0.3) is 0 Å². The van der Waals surface area contributed by atoms with E-state index in [1.165, 1.54) is 25.7 Å². The predicted octanol–water partition coefficient (Wildman–Crippen LogP) is 10.8. The lowest BCUT2D eigenvalue weighted by molar-refractivity contribution is -0.0312. The van der Waals surface area contributed by atoms with E-state index in [0.29, 0.717) is 19.1 Å². The standard InChI is InChI=1S/C44H50N2O3/c1-34(2)32-49-43(47)46(44(38-22-11-6-12-23-38,39-24-13-7-14-25-39)40-26-15-8-16-27-40)41-28-18-17-21-37(41)31-45-30-29-35(3)33-48-42(45)36-19-9-4-5-10-20-36/h6-8,11-18,21-30,33-34,36,42H,4-5,9-10,19-20,31-32H2,1-3H3. The van der Waals surface area contributed by atoms with Crippen molar-refractivity contribution >= 4 is 11.8 Å². The summed E-state index contributed by atoms with van der Waals surface area (Å²) < 4.78 is 12.8. The van der Waals surface area contributed by atoms with E-state index in [0.717, 1.165) is 46.4 Å². The average molecular weight is 655 g/mol. The quantitative estimate of drug-likeness (QED) is 0.126. The highest BCUT2D eigenvalue weighted by atomic mass is 16.6. The Morgan fingerprint density at radius 3 is 1.88 bits per heavy atom. The van der Waals surface area contributed by atoms with Crippen LogP contribution in [0.4, 0.5) is 10.5 Å². The minimum atomic E-state index is -1.04. The second-order valence-electron chi connectivity index (χ2n) is 13.9. The molecule has 1 unspecified atom stereocenters. The Labute approximate surface area is 292 Å². The van der Waals surface area contributed by atoms with Gasteiger partial charge in [-0.05, 0) is 65.7 Å². The van der Waals surface area contributed by atoms with Crippen molar-refractivity contribution in [3.63, 3.8) is 0 Å². The highest BCUT2D eigenvalue weighted by Crippen LogP contribution is 2.46. The number of para-hydroxylation sites is 1. The van der Waals surface area contributed by atoms with Crippen molar-refractivity contribution in [2.24, 2.45) is 11.8 Å². The molecule has 0 aromatic heterocycles. The highest BCUT2D eigenvalue weighted by molar-refractivity contribution is 5.93. The molecule has 5 heteroatoms. The SMILES string of the molecule is CC1=COC(C2CCCCCC2)N(Cc2ccccc2N(C(=O)OCC(C)C)C(c2ccccc2)(c2ccccc2)c2ccccc2)C=C1. The van der Waals surface area contributed by atoms with E-state index in [4.69, 9.17) is 9.47 Å². The Hall–Kier alpha value is -4.77. The van der Waals surface area contributed by atoms with Gasteiger partial charge in [0.05, 0.1) is 18.6 Å². The van der Waals surface area contributed by atoms with Crippen molar-refractivity contribution < 1.29 is 14.3 Å². The fourth-order valence-corrected chi connectivity index (χ4v) is 7.42. The monoisotopic (exact) mass is 654 g/mol. The zero-order valence-electron chi connectivity index (χ0n) is 29.2. The Bertz CT molecular complexity index is 1600. The van der Waals surface area contributed by atoms with E-state index in [-0.39, 0.29) is 12.1 Å². The number of carbonyl (C=O) groups is 1. The summed E-state index contributed by atoms with van der Waals surface area (Å²) in [6.45, 7) is 7.10. The number of hydrogen-bond donors (Lipinski definition) is 0. The van der Waals surface area contributed by atoms with Crippen LogP contribution in [0.3, 0.4) is 0 Å². The van der Waals surface area contributed by atoms with Gasteiger partial charge in [0, 0.05) is 18.7 Å². The van der Waals surface area contributed by atoms with Crippen LogP contribution < -0.4 is 4.90 Å². The van der Waals surface area contributed by atoms with Gasteiger partial charge in [-0.15, -0.1) is 0 Å². The zero-order valence-corrected chi connectivity index (χ0v) is 29.2. The van der Waals surface area contributed by atoms with Gasteiger partial charge in [-0.1, -0.05) is 149 Å². The number of anilines is 1. The van der Waals surface area contributed by atoms with Crippen molar-refractivity contribution in [1.82, 2.24) is 4.90 Å². The Morgan fingerprint density at radius 1 is 0.796 bits per heavy atom. The lowest BCUT2D eigenvalue weighted by Gasteiger charge is -2.45. The molecule has 4 aromatic rings. The van der Waals surface area contributed by atoms with Crippen molar-refractivity contribution in [3.05, 3.63) is 162 Å². The number of allylic oxidation sites excluding steroid dienone is 2. The van der Waals surface area contributed by atoms with Crippen LogP contribution in [-0.4, -0.2) is 23.8 Å². The third-order valence-electron chi connectivity index (χ3n) is 9.77. The van der Waals surface area contributed by atoms with Crippen molar-refractivity contribution in [2.45, 2.75) is 77.6 Å². The van der Waals surface area contributed by atoms with E-state index >= 15 is 0 Å². The van der Waals surface area contributed by atoms with E-state index < -0.39 is 11.6 Å². The molecule has 1 atom stereocenters. The Kier molecular flexibility index (Phi) is 11.2. The van der Waals surface area contributed by atoms with Crippen LogP contribution >= 0.6 is 0 Å². The first kappa shape index (κ1) is 34.1. The summed E-state index contributed by atoms with van der Waals surface area (Å²) in [4.78, 5) is 19.2. The predicted molar refractivity (Wildman–Crippen MR) is 199 cm³/mol. The molecule has 0 radical (unpaired) electrons. The van der Waals surface area contributed by atoms with Gasteiger partial charge in [-0.2, -0.15) is 0 Å².